The van der Waals surface area contributed by atoms with Crippen LogP contribution < -0.4 is 0 Å². The molecular formula is C12H11FN2O2. The Morgan fingerprint density at radius 3 is 2.82 bits per heavy atom. The van der Waals surface area contributed by atoms with Crippen molar-refractivity contribution in [2.45, 2.75) is 13.5 Å². The Kier molecular flexibility index (Phi) is 2.91. The van der Waals surface area contributed by atoms with Crippen LogP contribution in [0.25, 0.3) is 0 Å². The van der Waals surface area contributed by atoms with Crippen LogP contribution >= 0.6 is 0 Å². The second-order valence-corrected chi connectivity index (χ2v) is 3.76. The van der Waals surface area contributed by atoms with Crippen molar-refractivity contribution >= 4 is 5.97 Å². The molecule has 0 unspecified atom stereocenters. The molecule has 5 heteroatoms. The zero-order chi connectivity index (χ0) is 12.4. The lowest BCUT2D eigenvalue weighted by atomic mass is 10.1. The summed E-state index contributed by atoms with van der Waals surface area (Å²) in [6, 6.07) is 3.79. The van der Waals surface area contributed by atoms with Crippen molar-refractivity contribution in [3.63, 3.8) is 0 Å². The van der Waals surface area contributed by atoms with Crippen molar-refractivity contribution in [2.24, 2.45) is 0 Å². The summed E-state index contributed by atoms with van der Waals surface area (Å²) in [4.78, 5) is 14.8. The third-order valence-corrected chi connectivity index (χ3v) is 2.48. The molecule has 0 fully saturated rings. The molecule has 0 aliphatic heterocycles. The van der Waals surface area contributed by atoms with Gasteiger partial charge in [0.25, 0.3) is 0 Å². The molecule has 4 nitrogen and oxygen atoms in total. The number of halogens is 1. The van der Waals surface area contributed by atoms with Gasteiger partial charge in [0.05, 0.1) is 5.56 Å². The molecule has 2 rings (SSSR count). The van der Waals surface area contributed by atoms with Crippen molar-refractivity contribution in [1.29, 1.82) is 0 Å². The van der Waals surface area contributed by atoms with Gasteiger partial charge in [-0.15, -0.1) is 0 Å². The zero-order valence-electron chi connectivity index (χ0n) is 9.22. The Morgan fingerprint density at radius 1 is 1.47 bits per heavy atom. The molecule has 0 atom stereocenters. The van der Waals surface area contributed by atoms with Gasteiger partial charge in [-0.05, 0) is 30.7 Å². The van der Waals surface area contributed by atoms with E-state index in [1.807, 2.05) is 11.5 Å². The predicted octanol–water partition coefficient (Wildman–Crippen LogP) is 2.08. The van der Waals surface area contributed by atoms with Crippen LogP contribution in [0.3, 0.4) is 0 Å². The van der Waals surface area contributed by atoms with Crippen LogP contribution in [0.1, 0.15) is 21.7 Å². The molecule has 0 radical (unpaired) electrons. The van der Waals surface area contributed by atoms with E-state index in [0.717, 1.165) is 11.9 Å². The Balaban J connectivity index is 2.33. The van der Waals surface area contributed by atoms with Gasteiger partial charge in [-0.2, -0.15) is 0 Å². The summed E-state index contributed by atoms with van der Waals surface area (Å²) in [5, 5.41) is 8.83. The number of carboxylic acids is 1. The average molecular weight is 234 g/mol. The lowest BCUT2D eigenvalue weighted by molar-refractivity contribution is 0.0696. The number of aromatic carboxylic acids is 1. The van der Waals surface area contributed by atoms with Gasteiger partial charge >= 0.3 is 5.97 Å². The fourth-order valence-electron chi connectivity index (χ4n) is 1.63. The van der Waals surface area contributed by atoms with Gasteiger partial charge in [-0.25, -0.2) is 14.2 Å². The lowest BCUT2D eigenvalue weighted by Crippen LogP contribution is -2.04. The molecule has 17 heavy (non-hydrogen) atoms. The van der Waals surface area contributed by atoms with Crippen molar-refractivity contribution in [3.8, 4) is 0 Å². The van der Waals surface area contributed by atoms with Gasteiger partial charge < -0.3 is 9.67 Å². The highest BCUT2D eigenvalue weighted by molar-refractivity contribution is 5.87. The number of hydrogen-bond acceptors (Lipinski definition) is 2. The van der Waals surface area contributed by atoms with E-state index in [-0.39, 0.29) is 5.56 Å². The summed E-state index contributed by atoms with van der Waals surface area (Å²) in [6.07, 6.45) is 3.41. The molecule has 0 spiro atoms. The number of nitrogens with zero attached hydrogens (tertiary/aromatic N) is 2. The van der Waals surface area contributed by atoms with Gasteiger partial charge in [0, 0.05) is 18.9 Å². The molecule has 0 aliphatic rings. The van der Waals surface area contributed by atoms with Crippen LogP contribution in [0.4, 0.5) is 4.39 Å². The summed E-state index contributed by atoms with van der Waals surface area (Å²) in [5.74, 6) is -0.878. The third kappa shape index (κ3) is 2.50. The highest BCUT2D eigenvalue weighted by atomic mass is 19.1. The molecule has 0 amide bonds. The standard InChI is InChI=1S/C12H11FN2O2/c1-8-14-2-3-15(8)7-9-4-10(12(16)17)6-11(13)5-9/h2-6H,7H2,1H3,(H,16,17). The molecule has 0 saturated carbocycles. The van der Waals surface area contributed by atoms with Crippen LogP contribution in [0, 0.1) is 12.7 Å². The van der Waals surface area contributed by atoms with E-state index in [1.54, 1.807) is 12.4 Å². The molecule has 1 aromatic heterocycles. The van der Waals surface area contributed by atoms with Gasteiger partial charge in [0.2, 0.25) is 0 Å². The van der Waals surface area contributed by atoms with Crippen molar-refractivity contribution in [3.05, 3.63) is 53.4 Å². The van der Waals surface area contributed by atoms with Crippen molar-refractivity contribution in [1.82, 2.24) is 9.55 Å². The predicted molar refractivity (Wildman–Crippen MR) is 59.4 cm³/mol. The zero-order valence-corrected chi connectivity index (χ0v) is 9.22. The summed E-state index contributed by atoms with van der Waals surface area (Å²) in [5.41, 5.74) is 0.557. The van der Waals surface area contributed by atoms with Crippen LogP contribution in [0.5, 0.6) is 0 Å². The number of carbonyl (C=O) groups is 1. The number of benzene rings is 1. The minimum Gasteiger partial charge on any atom is -0.478 e. The van der Waals surface area contributed by atoms with E-state index in [4.69, 9.17) is 5.11 Å². The average Bonchev–Trinajstić information content (AvgIpc) is 2.63. The third-order valence-electron chi connectivity index (χ3n) is 2.48. The first-order valence-electron chi connectivity index (χ1n) is 5.07. The van der Waals surface area contributed by atoms with E-state index in [2.05, 4.69) is 4.98 Å². The highest BCUT2D eigenvalue weighted by Crippen LogP contribution is 2.11. The molecule has 1 N–H and O–H groups in total. The number of rotatable bonds is 3. The summed E-state index contributed by atoms with van der Waals surface area (Å²) < 4.78 is 15.0. The van der Waals surface area contributed by atoms with E-state index >= 15 is 0 Å². The molecule has 1 heterocycles. The normalized spacial score (nSPS) is 10.5. The number of carboxylic acid groups (broad SMARTS) is 1. The van der Waals surface area contributed by atoms with Gasteiger partial charge in [-0.3, -0.25) is 0 Å². The maximum atomic E-state index is 13.2. The number of hydrogen-bond donors (Lipinski definition) is 1. The first-order valence-corrected chi connectivity index (χ1v) is 5.07. The van der Waals surface area contributed by atoms with E-state index in [0.29, 0.717) is 12.1 Å². The Hall–Kier alpha value is -2.17. The van der Waals surface area contributed by atoms with Crippen molar-refractivity contribution < 1.29 is 14.3 Å². The first kappa shape index (κ1) is 11.3. The first-order chi connectivity index (χ1) is 8.06. The van der Waals surface area contributed by atoms with E-state index in [1.165, 1.54) is 12.1 Å². The molecule has 0 bridgehead atoms. The second kappa shape index (κ2) is 4.37. The number of aromatic nitrogens is 2. The SMILES string of the molecule is Cc1nccn1Cc1cc(F)cc(C(=O)O)c1. The summed E-state index contributed by atoms with van der Waals surface area (Å²) in [7, 11) is 0. The van der Waals surface area contributed by atoms with Crippen LogP contribution in [-0.4, -0.2) is 20.6 Å². The minimum absolute atomic E-state index is 0.0437. The number of imidazole rings is 1. The second-order valence-electron chi connectivity index (χ2n) is 3.76. The Morgan fingerprint density at radius 2 is 2.24 bits per heavy atom. The van der Waals surface area contributed by atoms with Gasteiger partial charge in [0.15, 0.2) is 0 Å². The number of aryl methyl sites for hydroxylation is 1. The minimum atomic E-state index is -1.13. The van der Waals surface area contributed by atoms with Crippen LogP contribution in [0.2, 0.25) is 0 Å². The molecular weight excluding hydrogens is 223 g/mol. The fraction of sp³-hybridized carbons (Fsp3) is 0.167. The summed E-state index contributed by atoms with van der Waals surface area (Å²) >= 11 is 0. The van der Waals surface area contributed by atoms with Gasteiger partial charge in [0.1, 0.15) is 11.6 Å². The molecule has 0 aliphatic carbocycles. The van der Waals surface area contributed by atoms with Crippen molar-refractivity contribution in [2.75, 3.05) is 0 Å². The highest BCUT2D eigenvalue weighted by Gasteiger charge is 2.08. The largest absolute Gasteiger partial charge is 0.478 e. The monoisotopic (exact) mass is 234 g/mol. The van der Waals surface area contributed by atoms with Crippen LogP contribution in [0.15, 0.2) is 30.6 Å². The van der Waals surface area contributed by atoms with Gasteiger partial charge in [-0.1, -0.05) is 0 Å². The maximum absolute atomic E-state index is 13.2. The molecule has 1 aromatic carbocycles. The lowest BCUT2D eigenvalue weighted by Gasteiger charge is -2.06. The van der Waals surface area contributed by atoms with E-state index in [9.17, 15) is 9.18 Å². The molecule has 0 saturated heterocycles. The fourth-order valence-corrected chi connectivity index (χ4v) is 1.63. The smallest absolute Gasteiger partial charge is 0.335 e. The molecule has 88 valence electrons. The Labute approximate surface area is 97.3 Å². The molecule has 2 aromatic rings. The summed E-state index contributed by atoms with van der Waals surface area (Å²) in [6.45, 7) is 2.24. The maximum Gasteiger partial charge on any atom is 0.335 e. The van der Waals surface area contributed by atoms with Crippen LogP contribution in [-0.2, 0) is 6.54 Å². The Bertz CT molecular complexity index is 563. The van der Waals surface area contributed by atoms with E-state index < -0.39 is 11.8 Å². The quantitative estimate of drug-likeness (QED) is 0.884. The topological polar surface area (TPSA) is 55.1 Å².